The highest BCUT2D eigenvalue weighted by atomic mass is 16.6. The molecular weight excluding hydrogens is 937 g/mol. The fourth-order valence-corrected chi connectivity index (χ4v) is 8.32. The Balaban J connectivity index is 4.51. The van der Waals surface area contributed by atoms with Crippen LogP contribution < -0.4 is 0 Å². The van der Waals surface area contributed by atoms with Crippen molar-refractivity contribution in [2.75, 3.05) is 13.2 Å². The van der Waals surface area contributed by atoms with Crippen LogP contribution in [0.2, 0.25) is 0 Å². The minimum absolute atomic E-state index is 0.113. The van der Waals surface area contributed by atoms with Crippen LogP contribution >= 0.6 is 0 Å². The smallest absolute Gasteiger partial charge is 0.306 e. The second kappa shape index (κ2) is 63.1. The molecule has 6 heteroatoms. The van der Waals surface area contributed by atoms with Crippen molar-refractivity contribution in [3.05, 3.63) is 134 Å². The SMILES string of the molecule is CC/C=C\C/C=C\C/C=C\C/C=C\C/C=C\C/C=C\CCC(=O)OC(COC(=O)CCCCCCCCC/C=C\C/C=C\C/C=C\C/C=C\C/C=C\CC)COC(=O)CCCCCCCCCCCCCCCCCC. The Morgan fingerprint density at radius 2 is 0.539 bits per heavy atom. The normalized spacial score (nSPS) is 13.0. The molecule has 0 N–H and O–H groups in total. The molecule has 0 radical (unpaired) electrons. The molecule has 0 saturated carbocycles. The van der Waals surface area contributed by atoms with E-state index in [1.54, 1.807) is 0 Å². The third-order valence-electron chi connectivity index (χ3n) is 12.9. The molecule has 0 aliphatic rings. The van der Waals surface area contributed by atoms with Crippen LogP contribution in [0.25, 0.3) is 0 Å². The molecule has 0 aromatic carbocycles. The van der Waals surface area contributed by atoms with E-state index in [4.69, 9.17) is 14.2 Å². The number of hydrogen-bond donors (Lipinski definition) is 0. The van der Waals surface area contributed by atoms with Crippen LogP contribution in [0.5, 0.6) is 0 Å². The van der Waals surface area contributed by atoms with Gasteiger partial charge in [-0.25, -0.2) is 0 Å². The number of allylic oxidation sites excluding steroid dienone is 22. The van der Waals surface area contributed by atoms with Crippen molar-refractivity contribution >= 4 is 17.9 Å². The Bertz CT molecular complexity index is 1630. The van der Waals surface area contributed by atoms with E-state index in [2.05, 4.69) is 148 Å². The highest BCUT2D eigenvalue weighted by Gasteiger charge is 2.19. The largest absolute Gasteiger partial charge is 0.462 e. The zero-order chi connectivity index (χ0) is 55.0. The average Bonchev–Trinajstić information content (AvgIpc) is 3.42. The van der Waals surface area contributed by atoms with Crippen LogP contribution in [0.1, 0.15) is 271 Å². The van der Waals surface area contributed by atoms with Gasteiger partial charge in [-0.1, -0.05) is 283 Å². The maximum absolute atomic E-state index is 12.9. The van der Waals surface area contributed by atoms with Gasteiger partial charge in [-0.05, 0) is 103 Å². The molecule has 430 valence electrons. The van der Waals surface area contributed by atoms with Gasteiger partial charge in [0.1, 0.15) is 13.2 Å². The zero-order valence-electron chi connectivity index (χ0n) is 49.2. The summed E-state index contributed by atoms with van der Waals surface area (Å²) < 4.78 is 16.8. The molecule has 0 fully saturated rings. The summed E-state index contributed by atoms with van der Waals surface area (Å²) in [4.78, 5) is 38.3. The van der Waals surface area contributed by atoms with Crippen molar-refractivity contribution in [1.29, 1.82) is 0 Å². The molecule has 0 rings (SSSR count). The second-order valence-corrected chi connectivity index (χ2v) is 20.2. The predicted molar refractivity (Wildman–Crippen MR) is 329 cm³/mol. The van der Waals surface area contributed by atoms with Gasteiger partial charge in [0, 0.05) is 19.3 Å². The van der Waals surface area contributed by atoms with Crippen molar-refractivity contribution in [3.63, 3.8) is 0 Å². The van der Waals surface area contributed by atoms with Gasteiger partial charge >= 0.3 is 17.9 Å². The molecule has 1 atom stereocenters. The van der Waals surface area contributed by atoms with Crippen LogP contribution in [-0.2, 0) is 28.6 Å². The lowest BCUT2D eigenvalue weighted by Gasteiger charge is -2.18. The molecule has 0 spiro atoms. The summed E-state index contributed by atoms with van der Waals surface area (Å²) in [7, 11) is 0. The second-order valence-electron chi connectivity index (χ2n) is 20.2. The number of esters is 3. The maximum Gasteiger partial charge on any atom is 0.306 e. The molecule has 0 amide bonds. The van der Waals surface area contributed by atoms with Gasteiger partial charge < -0.3 is 14.2 Å². The van der Waals surface area contributed by atoms with E-state index >= 15 is 0 Å². The van der Waals surface area contributed by atoms with E-state index in [9.17, 15) is 14.4 Å². The summed E-state index contributed by atoms with van der Waals surface area (Å²) in [6.45, 7) is 6.36. The standard InChI is InChI=1S/C70H114O6/c1-4-7-10-13-16-19-22-25-28-31-33-34-35-36-38-39-42-45-48-51-54-57-60-63-69(72)75-66-67(65-74-68(71)62-59-56-53-50-47-44-41-30-27-24-21-18-15-12-9-6-3)76-70(73)64-61-58-55-52-49-46-43-40-37-32-29-26-23-20-17-14-11-8-5-2/h7-8,10-11,16-17,19-20,25-26,28-29,33-34,36-38,40,46,49,55,58,67H,4-6,9,12-15,18,21-24,27,30-32,35,39,41-45,47-48,50-54,56-57,59-66H2,1-3H3/b10-7-,11-8-,19-16-,20-17-,28-25-,29-26-,34-33-,38-36-,40-37-,49-46-,58-55-. The predicted octanol–water partition coefficient (Wildman–Crippen LogP) is 21.4. The van der Waals surface area contributed by atoms with E-state index in [-0.39, 0.29) is 31.6 Å². The third kappa shape index (κ3) is 60.4. The Morgan fingerprint density at radius 1 is 0.276 bits per heavy atom. The lowest BCUT2D eigenvalue weighted by molar-refractivity contribution is -0.166. The van der Waals surface area contributed by atoms with Crippen molar-refractivity contribution in [2.45, 2.75) is 277 Å². The Hall–Kier alpha value is -4.45. The monoisotopic (exact) mass is 1050 g/mol. The summed E-state index contributed by atoms with van der Waals surface area (Å²) in [6.07, 6.45) is 88.9. The Kier molecular flexibility index (Phi) is 59.4. The van der Waals surface area contributed by atoms with Crippen LogP contribution in [0.15, 0.2) is 134 Å². The average molecular weight is 1050 g/mol. The van der Waals surface area contributed by atoms with E-state index in [1.165, 1.54) is 109 Å². The van der Waals surface area contributed by atoms with Gasteiger partial charge in [-0.15, -0.1) is 0 Å². The molecular formula is C70H114O6. The summed E-state index contributed by atoms with van der Waals surface area (Å²) in [6, 6.07) is 0. The van der Waals surface area contributed by atoms with Gasteiger partial charge in [-0.3, -0.25) is 14.4 Å². The van der Waals surface area contributed by atoms with Crippen LogP contribution in [0.4, 0.5) is 0 Å². The van der Waals surface area contributed by atoms with Gasteiger partial charge in [-0.2, -0.15) is 0 Å². The first-order valence-electron chi connectivity index (χ1n) is 31.2. The fraction of sp³-hybridized carbons (Fsp3) is 0.643. The third-order valence-corrected chi connectivity index (χ3v) is 12.9. The van der Waals surface area contributed by atoms with E-state index < -0.39 is 12.1 Å². The topological polar surface area (TPSA) is 78.9 Å². The number of carbonyl (C=O) groups is 3. The van der Waals surface area contributed by atoms with Gasteiger partial charge in [0.15, 0.2) is 6.10 Å². The van der Waals surface area contributed by atoms with Crippen LogP contribution in [0, 0.1) is 0 Å². The highest BCUT2D eigenvalue weighted by Crippen LogP contribution is 2.15. The number of ether oxygens (including phenoxy) is 3. The van der Waals surface area contributed by atoms with Gasteiger partial charge in [0.25, 0.3) is 0 Å². The molecule has 0 aliphatic carbocycles. The number of rotatable bonds is 55. The summed E-state index contributed by atoms with van der Waals surface area (Å²) in [5.74, 6) is -1.01. The summed E-state index contributed by atoms with van der Waals surface area (Å²) in [5, 5.41) is 0. The molecule has 1 unspecified atom stereocenters. The van der Waals surface area contributed by atoms with Crippen molar-refractivity contribution < 1.29 is 28.6 Å². The lowest BCUT2D eigenvalue weighted by atomic mass is 10.0. The summed E-state index contributed by atoms with van der Waals surface area (Å²) in [5.41, 5.74) is 0. The fourth-order valence-electron chi connectivity index (χ4n) is 8.32. The molecule has 0 saturated heterocycles. The quantitative estimate of drug-likeness (QED) is 0.0261. The van der Waals surface area contributed by atoms with Crippen molar-refractivity contribution in [3.8, 4) is 0 Å². The molecule has 0 aromatic rings. The molecule has 6 nitrogen and oxygen atoms in total. The molecule has 76 heavy (non-hydrogen) atoms. The maximum atomic E-state index is 12.9. The first-order chi connectivity index (χ1) is 37.5. The van der Waals surface area contributed by atoms with Gasteiger partial charge in [0.2, 0.25) is 0 Å². The van der Waals surface area contributed by atoms with E-state index in [0.717, 1.165) is 116 Å². The van der Waals surface area contributed by atoms with E-state index in [0.29, 0.717) is 19.3 Å². The molecule has 0 aromatic heterocycles. The van der Waals surface area contributed by atoms with Crippen LogP contribution in [0.3, 0.4) is 0 Å². The van der Waals surface area contributed by atoms with E-state index in [1.807, 2.05) is 6.08 Å². The minimum atomic E-state index is -0.828. The highest BCUT2D eigenvalue weighted by molar-refractivity contribution is 5.71. The molecule has 0 aliphatic heterocycles. The zero-order valence-corrected chi connectivity index (χ0v) is 49.2. The number of carbonyl (C=O) groups excluding carboxylic acids is 3. The molecule has 0 bridgehead atoms. The lowest BCUT2D eigenvalue weighted by Crippen LogP contribution is -2.30. The van der Waals surface area contributed by atoms with Crippen molar-refractivity contribution in [1.82, 2.24) is 0 Å². The number of unbranched alkanes of at least 4 members (excludes halogenated alkanes) is 22. The van der Waals surface area contributed by atoms with Gasteiger partial charge in [0.05, 0.1) is 0 Å². The minimum Gasteiger partial charge on any atom is -0.462 e. The van der Waals surface area contributed by atoms with Crippen molar-refractivity contribution in [2.24, 2.45) is 0 Å². The molecule has 0 heterocycles. The Labute approximate surface area is 468 Å². The number of hydrogen-bond acceptors (Lipinski definition) is 6. The summed E-state index contributed by atoms with van der Waals surface area (Å²) >= 11 is 0. The first kappa shape index (κ1) is 71.5. The van der Waals surface area contributed by atoms with Crippen LogP contribution in [-0.4, -0.2) is 37.2 Å². The Morgan fingerprint density at radius 3 is 0.855 bits per heavy atom. The first-order valence-corrected chi connectivity index (χ1v) is 31.2.